The van der Waals surface area contributed by atoms with Crippen molar-refractivity contribution < 1.29 is 18.6 Å². The summed E-state index contributed by atoms with van der Waals surface area (Å²) >= 11 is 3.16. The molecule has 130 valence electrons. The van der Waals surface area contributed by atoms with E-state index in [4.69, 9.17) is 27.8 Å². The minimum absolute atomic E-state index is 0.211. The lowest BCUT2D eigenvalue weighted by molar-refractivity contribution is 0.414. The number of para-hydroxylation sites is 1. The van der Waals surface area contributed by atoms with E-state index >= 15 is 0 Å². The van der Waals surface area contributed by atoms with Crippen molar-refractivity contribution in [1.29, 1.82) is 0 Å². The molecule has 0 saturated heterocycles. The van der Waals surface area contributed by atoms with Gasteiger partial charge >= 0.3 is 0 Å². The van der Waals surface area contributed by atoms with Crippen LogP contribution in [-0.4, -0.2) is 15.0 Å². The first-order valence-electron chi connectivity index (χ1n) is 7.62. The van der Waals surface area contributed by atoms with E-state index < -0.39 is 5.82 Å². The summed E-state index contributed by atoms with van der Waals surface area (Å²) in [6.07, 6.45) is 0. The molecule has 3 aromatic rings. The number of halogens is 2. The van der Waals surface area contributed by atoms with Gasteiger partial charge in [0.1, 0.15) is 36.6 Å². The summed E-state index contributed by atoms with van der Waals surface area (Å²) in [6, 6.07) is 14.7. The Bertz CT molecular complexity index is 952. The second-order valence-corrected chi connectivity index (χ2v) is 6.09. The lowest BCUT2D eigenvalue weighted by atomic mass is 9.94. The monoisotopic (exact) mass is 413 g/mol. The zero-order valence-corrected chi connectivity index (χ0v) is 15.4. The van der Waals surface area contributed by atoms with Crippen LogP contribution in [0, 0.1) is 5.82 Å². The highest BCUT2D eigenvalue weighted by molar-refractivity contribution is 9.10. The Morgan fingerprint density at radius 3 is 2.00 bits per heavy atom. The molecule has 0 bridgehead atoms. The number of hydrogen-bond donors (Lipinski definition) is 1. The Hall–Kier alpha value is -2.67. The number of hydrogen-bond acceptors (Lipinski definition) is 4. The fourth-order valence-corrected chi connectivity index (χ4v) is 2.64. The van der Waals surface area contributed by atoms with Gasteiger partial charge in [-0.3, -0.25) is 0 Å². The summed E-state index contributed by atoms with van der Waals surface area (Å²) in [5.74, 6) is 1.45. The molecule has 0 aromatic heterocycles. The van der Waals surface area contributed by atoms with Crippen molar-refractivity contribution in [3.8, 4) is 28.7 Å². The van der Waals surface area contributed by atoms with Gasteiger partial charge in [0.05, 0.1) is 11.6 Å². The second kappa shape index (κ2) is 7.70. The number of methoxy groups -OCH3 is 1. The van der Waals surface area contributed by atoms with Gasteiger partial charge in [0, 0.05) is 0 Å². The van der Waals surface area contributed by atoms with E-state index in [1.54, 1.807) is 48.5 Å². The average molecular weight is 414 g/mol. The topological polar surface area (TPSA) is 53.7 Å². The van der Waals surface area contributed by atoms with Gasteiger partial charge in [0.15, 0.2) is 11.5 Å². The molecule has 0 spiro atoms. The largest absolute Gasteiger partial charge is 0.497 e. The first-order valence-corrected chi connectivity index (χ1v) is 8.41. The van der Waals surface area contributed by atoms with Crippen molar-refractivity contribution in [1.82, 2.24) is 0 Å². The Labute approximate surface area is 160 Å². The molecule has 0 saturated carbocycles. The predicted molar refractivity (Wildman–Crippen MR) is 103 cm³/mol. The molecule has 3 aromatic carbocycles. The summed E-state index contributed by atoms with van der Waals surface area (Å²) in [5, 5.41) is 0. The molecule has 0 aliphatic rings. The van der Waals surface area contributed by atoms with Crippen LogP contribution < -0.4 is 25.4 Å². The van der Waals surface area contributed by atoms with E-state index in [9.17, 15) is 4.39 Å². The van der Waals surface area contributed by atoms with Crippen LogP contribution in [0.25, 0.3) is 0 Å². The highest BCUT2D eigenvalue weighted by Crippen LogP contribution is 2.39. The maximum Gasteiger partial charge on any atom is 0.154 e. The fraction of sp³-hybridized carbons (Fsp3) is 0.0526. The van der Waals surface area contributed by atoms with Crippen LogP contribution in [0.3, 0.4) is 0 Å². The van der Waals surface area contributed by atoms with Crippen molar-refractivity contribution in [3.05, 3.63) is 64.9 Å². The highest BCUT2D eigenvalue weighted by atomic mass is 79.9. The van der Waals surface area contributed by atoms with Gasteiger partial charge in [0.2, 0.25) is 0 Å². The molecule has 4 nitrogen and oxygen atoms in total. The van der Waals surface area contributed by atoms with Gasteiger partial charge < -0.3 is 19.9 Å². The molecular formula is C19H14BBrFNO3. The van der Waals surface area contributed by atoms with Gasteiger partial charge in [-0.15, -0.1) is 0 Å². The molecule has 7 heteroatoms. The van der Waals surface area contributed by atoms with Gasteiger partial charge in [-0.1, -0.05) is 18.2 Å². The van der Waals surface area contributed by atoms with Gasteiger partial charge in [-0.2, -0.15) is 0 Å². The van der Waals surface area contributed by atoms with Gasteiger partial charge in [-0.05, 0) is 57.8 Å². The fourth-order valence-electron chi connectivity index (χ4n) is 2.29. The highest BCUT2D eigenvalue weighted by Gasteiger charge is 2.14. The maximum atomic E-state index is 13.7. The number of nitrogens with two attached hydrogens (primary N) is 1. The van der Waals surface area contributed by atoms with Gasteiger partial charge in [-0.25, -0.2) is 4.39 Å². The molecule has 0 aliphatic carbocycles. The Morgan fingerprint density at radius 1 is 0.846 bits per heavy atom. The van der Waals surface area contributed by atoms with Crippen LogP contribution in [0.15, 0.2) is 59.1 Å². The number of ether oxygens (including phenoxy) is 3. The van der Waals surface area contributed by atoms with E-state index in [1.807, 2.05) is 0 Å². The zero-order valence-electron chi connectivity index (χ0n) is 13.8. The van der Waals surface area contributed by atoms with E-state index in [0.717, 1.165) is 0 Å². The lowest BCUT2D eigenvalue weighted by Gasteiger charge is -2.16. The van der Waals surface area contributed by atoms with Crippen LogP contribution in [0.2, 0.25) is 0 Å². The second-order valence-electron chi connectivity index (χ2n) is 5.30. The number of nitrogen functional groups attached to an aromatic ring is 1. The minimum Gasteiger partial charge on any atom is -0.497 e. The van der Waals surface area contributed by atoms with Gasteiger partial charge in [0.25, 0.3) is 0 Å². The van der Waals surface area contributed by atoms with Crippen LogP contribution in [0.1, 0.15) is 0 Å². The van der Waals surface area contributed by atoms with E-state index in [-0.39, 0.29) is 10.2 Å². The van der Waals surface area contributed by atoms with Crippen molar-refractivity contribution in [2.45, 2.75) is 0 Å². The molecule has 2 N–H and O–H groups in total. The summed E-state index contributed by atoms with van der Waals surface area (Å²) in [6.45, 7) is 0. The van der Waals surface area contributed by atoms with E-state index in [1.165, 1.54) is 13.2 Å². The van der Waals surface area contributed by atoms with Crippen LogP contribution in [0.4, 0.5) is 10.1 Å². The summed E-state index contributed by atoms with van der Waals surface area (Å²) < 4.78 is 30.6. The standard InChI is InChI=1S/C19H14BBrFNO3/c1-24-12-6-3-7-13(17(12)20)25-15-9-4-10-16(19(15)23)26-14-8-2-5-11(22)18(14)21/h2-10H,23H2,1H3. The van der Waals surface area contributed by atoms with Crippen LogP contribution in [0.5, 0.6) is 28.7 Å². The van der Waals surface area contributed by atoms with E-state index in [2.05, 4.69) is 15.9 Å². The van der Waals surface area contributed by atoms with Crippen LogP contribution in [-0.2, 0) is 0 Å². The number of rotatable bonds is 5. The Kier molecular flexibility index (Phi) is 5.37. The third kappa shape index (κ3) is 3.62. The molecule has 0 aliphatic heterocycles. The molecule has 0 atom stereocenters. The molecule has 0 fully saturated rings. The molecule has 0 heterocycles. The molecule has 3 rings (SSSR count). The number of benzene rings is 3. The van der Waals surface area contributed by atoms with Crippen molar-refractivity contribution in [3.63, 3.8) is 0 Å². The summed E-state index contributed by atoms with van der Waals surface area (Å²) in [5.41, 5.74) is 6.77. The summed E-state index contributed by atoms with van der Waals surface area (Å²) in [7, 11) is 7.54. The molecule has 0 amide bonds. The predicted octanol–water partition coefficient (Wildman–Crippen LogP) is 4.56. The molecular weight excluding hydrogens is 400 g/mol. The maximum absolute atomic E-state index is 13.7. The SMILES string of the molecule is [B]c1c(OC)cccc1Oc1cccc(Oc2cccc(F)c2Br)c1N. The van der Waals surface area contributed by atoms with Crippen molar-refractivity contribution in [2.24, 2.45) is 0 Å². The van der Waals surface area contributed by atoms with Crippen molar-refractivity contribution >= 4 is 34.9 Å². The normalized spacial score (nSPS) is 10.4. The van der Waals surface area contributed by atoms with E-state index in [0.29, 0.717) is 34.2 Å². The third-order valence-electron chi connectivity index (χ3n) is 3.63. The van der Waals surface area contributed by atoms with Crippen molar-refractivity contribution in [2.75, 3.05) is 12.8 Å². The third-order valence-corrected chi connectivity index (χ3v) is 4.40. The smallest absolute Gasteiger partial charge is 0.154 e. The summed E-state index contributed by atoms with van der Waals surface area (Å²) in [4.78, 5) is 0. The first-order chi connectivity index (χ1) is 12.5. The molecule has 2 radical (unpaired) electrons. The Morgan fingerprint density at radius 2 is 1.35 bits per heavy atom. The Balaban J connectivity index is 1.92. The lowest BCUT2D eigenvalue weighted by Crippen LogP contribution is -2.10. The minimum atomic E-state index is -0.433. The average Bonchev–Trinajstić information content (AvgIpc) is 2.64. The quantitative estimate of drug-likeness (QED) is 0.492. The first kappa shape index (κ1) is 18.1. The zero-order chi connectivity index (χ0) is 18.7. The molecule has 26 heavy (non-hydrogen) atoms. The van der Waals surface area contributed by atoms with Crippen LogP contribution >= 0.6 is 15.9 Å². The molecule has 0 unspecified atom stereocenters. The number of anilines is 1.